The van der Waals surface area contributed by atoms with E-state index < -0.39 is 11.9 Å². The van der Waals surface area contributed by atoms with Gasteiger partial charge in [-0.05, 0) is 37.8 Å². The van der Waals surface area contributed by atoms with E-state index in [1.807, 2.05) is 36.1 Å². The molecule has 4 heteroatoms. The Hall–Kier alpha value is -1.84. The number of aliphatic carboxylic acids is 1. The number of carboxylic acid groups (broad SMARTS) is 1. The fraction of sp³-hybridized carbons (Fsp3) is 0.467. The van der Waals surface area contributed by atoms with Gasteiger partial charge in [-0.2, -0.15) is 0 Å². The monoisotopic (exact) mass is 259 g/mol. The van der Waals surface area contributed by atoms with Gasteiger partial charge in [0.05, 0.1) is 11.8 Å². The molecule has 1 aliphatic carbocycles. The zero-order chi connectivity index (χ0) is 13.6. The molecule has 1 fully saturated rings. The third kappa shape index (κ3) is 2.01. The van der Waals surface area contributed by atoms with E-state index in [-0.39, 0.29) is 17.9 Å². The predicted octanol–water partition coefficient (Wildman–Crippen LogP) is 2.08. The van der Waals surface area contributed by atoms with E-state index in [0.29, 0.717) is 6.42 Å². The number of anilines is 1. The van der Waals surface area contributed by atoms with Crippen molar-refractivity contribution in [3.8, 4) is 0 Å². The minimum Gasteiger partial charge on any atom is -0.481 e. The van der Waals surface area contributed by atoms with Gasteiger partial charge in [-0.15, -0.1) is 0 Å². The highest BCUT2D eigenvalue weighted by molar-refractivity contribution is 6.01. The smallest absolute Gasteiger partial charge is 0.307 e. The summed E-state index contributed by atoms with van der Waals surface area (Å²) in [5.74, 6) is -1.68. The summed E-state index contributed by atoms with van der Waals surface area (Å²) >= 11 is 0. The highest BCUT2D eigenvalue weighted by Crippen LogP contribution is 2.43. The van der Waals surface area contributed by atoms with Gasteiger partial charge in [0, 0.05) is 11.7 Å². The van der Waals surface area contributed by atoms with E-state index in [1.54, 1.807) is 0 Å². The summed E-state index contributed by atoms with van der Waals surface area (Å²) in [5, 5.41) is 8.96. The molecule has 0 spiro atoms. The molecule has 1 aromatic carbocycles. The van der Waals surface area contributed by atoms with Gasteiger partial charge in [-0.3, -0.25) is 9.59 Å². The van der Waals surface area contributed by atoms with Gasteiger partial charge in [0.25, 0.3) is 0 Å². The van der Waals surface area contributed by atoms with E-state index >= 15 is 0 Å². The molecule has 1 saturated carbocycles. The van der Waals surface area contributed by atoms with Gasteiger partial charge in [-0.25, -0.2) is 0 Å². The van der Waals surface area contributed by atoms with Crippen LogP contribution in [0.5, 0.6) is 0 Å². The summed E-state index contributed by atoms with van der Waals surface area (Å²) in [6.45, 7) is 2.03. The summed E-state index contributed by atoms with van der Waals surface area (Å²) in [6.07, 6.45) is 2.40. The maximum Gasteiger partial charge on any atom is 0.307 e. The van der Waals surface area contributed by atoms with Crippen LogP contribution in [0.3, 0.4) is 0 Å². The van der Waals surface area contributed by atoms with Crippen LogP contribution in [0.1, 0.15) is 25.3 Å². The summed E-state index contributed by atoms with van der Waals surface area (Å²) in [6, 6.07) is 8.06. The highest BCUT2D eigenvalue weighted by Gasteiger charge is 2.51. The Labute approximate surface area is 112 Å². The van der Waals surface area contributed by atoms with Crippen molar-refractivity contribution >= 4 is 17.6 Å². The molecule has 0 saturated heterocycles. The van der Waals surface area contributed by atoms with Crippen LogP contribution in [0.25, 0.3) is 0 Å². The average Bonchev–Trinajstić information content (AvgIpc) is 3.18. The number of amides is 1. The first-order valence-corrected chi connectivity index (χ1v) is 6.73. The number of rotatable bonds is 2. The lowest BCUT2D eigenvalue weighted by molar-refractivity contribution is -0.140. The number of hydrogen-bond donors (Lipinski definition) is 1. The quantitative estimate of drug-likeness (QED) is 0.884. The van der Waals surface area contributed by atoms with E-state index in [9.17, 15) is 9.59 Å². The first-order chi connectivity index (χ1) is 9.09. The molecule has 3 rings (SSSR count). The third-order valence-corrected chi connectivity index (χ3v) is 4.19. The van der Waals surface area contributed by atoms with Crippen LogP contribution in [0.4, 0.5) is 5.69 Å². The molecular formula is C15H17NO3. The van der Waals surface area contributed by atoms with Crippen molar-refractivity contribution in [1.82, 2.24) is 0 Å². The molecule has 1 heterocycles. The molecule has 0 bridgehead atoms. The molecule has 100 valence electrons. The SMILES string of the molecule is CC1CCc2ccccc2N1C(=O)C1CC1C(=O)O. The van der Waals surface area contributed by atoms with Gasteiger partial charge in [0.2, 0.25) is 5.91 Å². The van der Waals surface area contributed by atoms with Crippen molar-refractivity contribution in [1.29, 1.82) is 0 Å². The van der Waals surface area contributed by atoms with Crippen LogP contribution < -0.4 is 4.90 Å². The van der Waals surface area contributed by atoms with Crippen LogP contribution in [-0.4, -0.2) is 23.0 Å². The standard InChI is InChI=1S/C15H17NO3/c1-9-6-7-10-4-2-3-5-13(10)16(9)14(17)11-8-12(11)15(18)19/h2-5,9,11-12H,6-8H2,1H3,(H,18,19). The summed E-state index contributed by atoms with van der Waals surface area (Å²) in [5.41, 5.74) is 2.14. The number of benzene rings is 1. The fourth-order valence-corrected chi connectivity index (χ4v) is 2.94. The first kappa shape index (κ1) is 12.2. The Balaban J connectivity index is 1.88. The van der Waals surface area contributed by atoms with E-state index in [2.05, 4.69) is 0 Å². The van der Waals surface area contributed by atoms with E-state index in [1.165, 1.54) is 5.56 Å². The number of fused-ring (bicyclic) bond motifs is 1. The van der Waals surface area contributed by atoms with Crippen LogP contribution in [0, 0.1) is 11.8 Å². The molecule has 0 radical (unpaired) electrons. The van der Waals surface area contributed by atoms with Crippen LogP contribution in [0.2, 0.25) is 0 Å². The zero-order valence-corrected chi connectivity index (χ0v) is 10.9. The van der Waals surface area contributed by atoms with Gasteiger partial charge < -0.3 is 10.0 Å². The summed E-state index contributed by atoms with van der Waals surface area (Å²) in [7, 11) is 0. The molecule has 1 aromatic rings. The summed E-state index contributed by atoms with van der Waals surface area (Å²) in [4.78, 5) is 25.2. The maximum atomic E-state index is 12.5. The van der Waals surface area contributed by atoms with E-state index in [0.717, 1.165) is 18.5 Å². The number of nitrogens with zero attached hydrogens (tertiary/aromatic N) is 1. The lowest BCUT2D eigenvalue weighted by Crippen LogP contribution is -2.43. The van der Waals surface area contributed by atoms with Crippen LogP contribution >= 0.6 is 0 Å². The number of carbonyl (C=O) groups is 2. The largest absolute Gasteiger partial charge is 0.481 e. The van der Waals surface area contributed by atoms with Crippen molar-refractivity contribution < 1.29 is 14.7 Å². The molecule has 1 N–H and O–H groups in total. The molecule has 0 aromatic heterocycles. The Kier molecular flexibility index (Phi) is 2.81. The topological polar surface area (TPSA) is 57.6 Å². The normalized spacial score (nSPS) is 28.7. The fourth-order valence-electron chi connectivity index (χ4n) is 2.94. The van der Waals surface area contributed by atoms with Crippen molar-refractivity contribution in [3.63, 3.8) is 0 Å². The molecule has 1 amide bonds. The van der Waals surface area contributed by atoms with Crippen molar-refractivity contribution in [2.75, 3.05) is 4.90 Å². The second kappa shape index (κ2) is 4.37. The number of aryl methyl sites for hydroxylation is 1. The van der Waals surface area contributed by atoms with Crippen molar-refractivity contribution in [2.24, 2.45) is 11.8 Å². The lowest BCUT2D eigenvalue weighted by atomic mass is 9.96. The molecule has 2 aliphatic rings. The number of para-hydroxylation sites is 1. The van der Waals surface area contributed by atoms with Crippen molar-refractivity contribution in [3.05, 3.63) is 29.8 Å². The molecule has 4 nitrogen and oxygen atoms in total. The Morgan fingerprint density at radius 3 is 2.68 bits per heavy atom. The minimum absolute atomic E-state index is 0.0212. The molecular weight excluding hydrogens is 242 g/mol. The van der Waals surface area contributed by atoms with Crippen LogP contribution in [-0.2, 0) is 16.0 Å². The Morgan fingerprint density at radius 1 is 1.26 bits per heavy atom. The predicted molar refractivity (Wildman–Crippen MR) is 70.9 cm³/mol. The second-order valence-corrected chi connectivity index (χ2v) is 5.51. The average molecular weight is 259 g/mol. The number of hydrogen-bond acceptors (Lipinski definition) is 2. The summed E-state index contributed by atoms with van der Waals surface area (Å²) < 4.78 is 0. The number of carbonyl (C=O) groups excluding carboxylic acids is 1. The van der Waals surface area contributed by atoms with E-state index in [4.69, 9.17) is 5.11 Å². The number of carboxylic acids is 1. The highest BCUT2D eigenvalue weighted by atomic mass is 16.4. The van der Waals surface area contributed by atoms with Crippen molar-refractivity contribution in [2.45, 2.75) is 32.2 Å². The van der Waals surface area contributed by atoms with Gasteiger partial charge >= 0.3 is 5.97 Å². The van der Waals surface area contributed by atoms with Gasteiger partial charge in [0.15, 0.2) is 0 Å². The lowest BCUT2D eigenvalue weighted by Gasteiger charge is -2.35. The Bertz CT molecular complexity index is 540. The molecule has 19 heavy (non-hydrogen) atoms. The molecule has 3 atom stereocenters. The van der Waals surface area contributed by atoms with Crippen LogP contribution in [0.15, 0.2) is 24.3 Å². The van der Waals surface area contributed by atoms with Gasteiger partial charge in [-0.1, -0.05) is 18.2 Å². The molecule has 1 aliphatic heterocycles. The maximum absolute atomic E-state index is 12.5. The molecule has 3 unspecified atom stereocenters. The third-order valence-electron chi connectivity index (χ3n) is 4.19. The first-order valence-electron chi connectivity index (χ1n) is 6.73. The van der Waals surface area contributed by atoms with Gasteiger partial charge in [0.1, 0.15) is 0 Å². The minimum atomic E-state index is -0.851. The second-order valence-electron chi connectivity index (χ2n) is 5.51. The zero-order valence-electron chi connectivity index (χ0n) is 10.9. The Morgan fingerprint density at radius 2 is 2.00 bits per heavy atom.